The predicted octanol–water partition coefficient (Wildman–Crippen LogP) is 9.47. The molecule has 2 amide bonds. The van der Waals surface area contributed by atoms with Gasteiger partial charge in [-0.1, -0.05) is 106 Å². The number of nitrogens with one attached hydrogen (secondary N) is 2. The number of nitrogens with two attached hydrogens (primary N) is 1. The highest BCUT2D eigenvalue weighted by molar-refractivity contribution is 5.93. The fraction of sp³-hybridized carbons (Fsp3) is 0.469. The van der Waals surface area contributed by atoms with Gasteiger partial charge in [0.05, 0.1) is 30.2 Å². The molecule has 3 aliphatic rings. The summed E-state index contributed by atoms with van der Waals surface area (Å²) in [7, 11) is 0. The van der Waals surface area contributed by atoms with Crippen LogP contribution in [0.4, 0.5) is 11.4 Å². The molecule has 1 aliphatic carbocycles. The Balaban J connectivity index is 0.934. The van der Waals surface area contributed by atoms with Crippen LogP contribution in [0.3, 0.4) is 0 Å². The first-order chi connectivity index (χ1) is 27.9. The SMILES string of the molecule is CC1(C)CC2CC(C)(CN2C[C@H]2C[C@@H](c3ccc(CO)cc3)O[C@@H](c3cccc(-c4cccc(CNC(=O)CCCCCCC(=O)Nc5ccccc5N)c4)c3)O2)C1. The Morgan fingerprint density at radius 2 is 1.52 bits per heavy atom. The number of fused-ring (bicyclic) bond motifs is 2. The average molecular weight is 787 g/mol. The Morgan fingerprint density at radius 1 is 0.793 bits per heavy atom. The molecule has 9 nitrogen and oxygen atoms in total. The quantitative estimate of drug-likeness (QED) is 0.0659. The minimum atomic E-state index is -0.525. The molecule has 3 fully saturated rings. The van der Waals surface area contributed by atoms with Crippen LogP contribution in [0.2, 0.25) is 0 Å². The molecule has 2 bridgehead atoms. The lowest BCUT2D eigenvalue weighted by molar-refractivity contribution is -0.253. The summed E-state index contributed by atoms with van der Waals surface area (Å²) >= 11 is 0. The van der Waals surface area contributed by atoms with Crippen LogP contribution in [-0.2, 0) is 32.2 Å². The van der Waals surface area contributed by atoms with Crippen LogP contribution in [0.15, 0.2) is 97.1 Å². The molecule has 2 heterocycles. The molecular formula is C49H62N4O5. The third-order valence-electron chi connectivity index (χ3n) is 12.3. The number of anilines is 2. The van der Waals surface area contributed by atoms with Crippen molar-refractivity contribution in [2.45, 2.75) is 123 Å². The van der Waals surface area contributed by atoms with Crippen molar-refractivity contribution in [3.8, 4) is 11.1 Å². The highest BCUT2D eigenvalue weighted by Gasteiger charge is 2.50. The minimum absolute atomic E-state index is 0.00894. The van der Waals surface area contributed by atoms with Gasteiger partial charge in [-0.3, -0.25) is 14.5 Å². The molecule has 308 valence electrons. The number of para-hydroxylation sites is 2. The molecule has 9 heteroatoms. The molecule has 0 radical (unpaired) electrons. The highest BCUT2D eigenvalue weighted by atomic mass is 16.7. The van der Waals surface area contributed by atoms with Crippen molar-refractivity contribution in [1.29, 1.82) is 0 Å². The zero-order valence-corrected chi connectivity index (χ0v) is 34.6. The lowest BCUT2D eigenvalue weighted by Gasteiger charge is -2.41. The van der Waals surface area contributed by atoms with Crippen LogP contribution in [-0.4, -0.2) is 47.1 Å². The van der Waals surface area contributed by atoms with Crippen LogP contribution in [0, 0.1) is 10.8 Å². The number of hydrogen-bond acceptors (Lipinski definition) is 7. The van der Waals surface area contributed by atoms with Crippen molar-refractivity contribution in [2.75, 3.05) is 24.1 Å². The van der Waals surface area contributed by atoms with Gasteiger partial charge in [0.15, 0.2) is 6.29 Å². The third kappa shape index (κ3) is 10.9. The van der Waals surface area contributed by atoms with Gasteiger partial charge in [-0.25, -0.2) is 0 Å². The van der Waals surface area contributed by atoms with Gasteiger partial charge in [-0.05, 0) is 95.0 Å². The summed E-state index contributed by atoms with van der Waals surface area (Å²) < 4.78 is 13.6. The maximum absolute atomic E-state index is 12.7. The number of carbonyl (C=O) groups is 2. The summed E-state index contributed by atoms with van der Waals surface area (Å²) in [5, 5.41) is 15.6. The zero-order valence-electron chi connectivity index (χ0n) is 34.6. The molecule has 2 unspecified atom stereocenters. The Kier molecular flexibility index (Phi) is 13.3. The van der Waals surface area contributed by atoms with Gasteiger partial charge in [-0.2, -0.15) is 0 Å². The Bertz CT molecular complexity index is 2020. The van der Waals surface area contributed by atoms with Gasteiger partial charge in [0.2, 0.25) is 11.8 Å². The van der Waals surface area contributed by atoms with Gasteiger partial charge in [0.25, 0.3) is 0 Å². The first kappa shape index (κ1) is 41.6. The highest BCUT2D eigenvalue weighted by Crippen LogP contribution is 2.53. The van der Waals surface area contributed by atoms with Crippen LogP contribution < -0.4 is 16.4 Å². The summed E-state index contributed by atoms with van der Waals surface area (Å²) in [6.07, 6.45) is 8.09. The molecular weight excluding hydrogens is 725 g/mol. The lowest BCUT2D eigenvalue weighted by atomic mass is 9.65. The monoisotopic (exact) mass is 786 g/mol. The maximum Gasteiger partial charge on any atom is 0.224 e. The molecule has 0 aromatic heterocycles. The number of aliphatic hydroxyl groups excluding tert-OH is 1. The lowest BCUT2D eigenvalue weighted by Crippen LogP contribution is -2.42. The molecule has 5 atom stereocenters. The van der Waals surface area contributed by atoms with Crippen molar-refractivity contribution >= 4 is 23.2 Å². The van der Waals surface area contributed by atoms with E-state index in [0.717, 1.165) is 78.6 Å². The number of unbranched alkanes of at least 4 members (excludes halogenated alkanes) is 3. The molecule has 58 heavy (non-hydrogen) atoms. The second kappa shape index (κ2) is 18.6. The van der Waals surface area contributed by atoms with Gasteiger partial charge < -0.3 is 30.9 Å². The molecule has 4 aromatic rings. The first-order valence-electron chi connectivity index (χ1n) is 21.3. The second-order valence-corrected chi connectivity index (χ2v) is 18.1. The molecule has 2 saturated heterocycles. The molecule has 4 aromatic carbocycles. The number of benzene rings is 4. The van der Waals surface area contributed by atoms with E-state index in [-0.39, 0.29) is 30.6 Å². The Morgan fingerprint density at radius 3 is 2.28 bits per heavy atom. The van der Waals surface area contributed by atoms with Crippen molar-refractivity contribution in [3.63, 3.8) is 0 Å². The zero-order chi connectivity index (χ0) is 40.7. The fourth-order valence-corrected chi connectivity index (χ4v) is 9.85. The number of nitrogen functional groups attached to an aromatic ring is 1. The van der Waals surface area contributed by atoms with Crippen LogP contribution in [0.25, 0.3) is 11.1 Å². The third-order valence-corrected chi connectivity index (χ3v) is 12.3. The van der Waals surface area contributed by atoms with E-state index >= 15 is 0 Å². The van der Waals surface area contributed by atoms with E-state index < -0.39 is 6.29 Å². The van der Waals surface area contributed by atoms with Crippen LogP contribution in [0.5, 0.6) is 0 Å². The molecule has 2 aliphatic heterocycles. The number of hydrogen-bond donors (Lipinski definition) is 4. The number of likely N-dealkylation sites (tertiary alicyclic amines) is 1. The van der Waals surface area contributed by atoms with E-state index in [4.69, 9.17) is 15.2 Å². The molecule has 7 rings (SSSR count). The number of carbonyl (C=O) groups excluding carboxylic acids is 2. The van der Waals surface area contributed by atoms with Gasteiger partial charge in [0, 0.05) is 50.5 Å². The Hall–Kier alpha value is -4.54. The minimum Gasteiger partial charge on any atom is -0.397 e. The van der Waals surface area contributed by atoms with Gasteiger partial charge in [-0.15, -0.1) is 0 Å². The number of nitrogens with zero attached hydrogens (tertiary/aromatic N) is 1. The smallest absolute Gasteiger partial charge is 0.224 e. The number of aliphatic hydroxyl groups is 1. The van der Waals surface area contributed by atoms with Crippen molar-refractivity contribution in [3.05, 3.63) is 119 Å². The van der Waals surface area contributed by atoms with E-state index in [1.54, 1.807) is 12.1 Å². The topological polar surface area (TPSA) is 126 Å². The van der Waals surface area contributed by atoms with Crippen molar-refractivity contribution in [2.24, 2.45) is 10.8 Å². The van der Waals surface area contributed by atoms with Crippen molar-refractivity contribution < 1.29 is 24.2 Å². The summed E-state index contributed by atoms with van der Waals surface area (Å²) in [4.78, 5) is 27.7. The summed E-state index contributed by atoms with van der Waals surface area (Å²) in [6, 6.07) is 32.7. The fourth-order valence-electron chi connectivity index (χ4n) is 9.85. The second-order valence-electron chi connectivity index (χ2n) is 18.1. The number of ether oxygens (including phenoxy) is 2. The van der Waals surface area contributed by atoms with E-state index in [9.17, 15) is 14.7 Å². The normalized spacial score (nSPS) is 24.0. The number of rotatable bonds is 16. The summed E-state index contributed by atoms with van der Waals surface area (Å²) in [6.45, 7) is 9.79. The Labute approximate surface area is 344 Å². The average Bonchev–Trinajstić information content (AvgIpc) is 3.45. The van der Waals surface area contributed by atoms with Crippen LogP contribution in [0.1, 0.15) is 120 Å². The van der Waals surface area contributed by atoms with Crippen molar-refractivity contribution in [1.82, 2.24) is 10.2 Å². The molecule has 5 N–H and O–H groups in total. The van der Waals surface area contributed by atoms with Gasteiger partial charge >= 0.3 is 0 Å². The predicted molar refractivity (Wildman–Crippen MR) is 230 cm³/mol. The van der Waals surface area contributed by atoms with Crippen LogP contribution >= 0.6 is 0 Å². The molecule has 1 saturated carbocycles. The van der Waals surface area contributed by atoms with Gasteiger partial charge in [0.1, 0.15) is 0 Å². The summed E-state index contributed by atoms with van der Waals surface area (Å²) in [5.74, 6) is -0.0147. The van der Waals surface area contributed by atoms with E-state index in [0.29, 0.717) is 47.6 Å². The standard InChI is InChI=1S/C49H62N4O5/c1-48(2)27-40-28-49(3,32-48)33-53(40)30-41-26-44(36-22-20-34(31-54)21-23-36)58-47(57-41)39-15-11-14-38(25-39)37-13-10-12-35(24-37)29-51-45(55)18-6-4-5-7-19-46(56)52-43-17-9-8-16-42(43)50/h8-17,20-25,40-41,44,47,54H,4-7,18-19,26-33,50H2,1-3H3,(H,51,55)(H,52,56)/t40?,41-,44+,47+,49?/m1/s1. The largest absolute Gasteiger partial charge is 0.397 e. The maximum atomic E-state index is 12.7. The van der Waals surface area contributed by atoms with E-state index in [1.807, 2.05) is 36.4 Å². The number of amides is 2. The molecule has 0 spiro atoms. The van der Waals surface area contributed by atoms with E-state index in [2.05, 4.69) is 84.8 Å². The van der Waals surface area contributed by atoms with E-state index in [1.165, 1.54) is 19.3 Å². The summed E-state index contributed by atoms with van der Waals surface area (Å²) in [5.41, 5.74) is 14.0. The first-order valence-corrected chi connectivity index (χ1v) is 21.3.